The Hall–Kier alpha value is -2.46. The fraction of sp³-hybridized carbons (Fsp3) is 0.0625. The molecule has 4 nitrogen and oxygen atoms in total. The number of anilines is 2. The van der Waals surface area contributed by atoms with Gasteiger partial charge in [0.2, 0.25) is 5.95 Å². The second-order valence-electron chi connectivity index (χ2n) is 4.58. The lowest BCUT2D eigenvalue weighted by Gasteiger charge is -2.07. The van der Waals surface area contributed by atoms with Crippen LogP contribution >= 0.6 is 11.6 Å². The van der Waals surface area contributed by atoms with Crippen molar-refractivity contribution >= 4 is 23.2 Å². The van der Waals surface area contributed by atoms with Gasteiger partial charge in [0, 0.05) is 23.1 Å². The van der Waals surface area contributed by atoms with Gasteiger partial charge in [-0.1, -0.05) is 29.8 Å². The predicted molar refractivity (Wildman–Crippen MR) is 84.7 cm³/mol. The molecule has 2 aromatic heterocycles. The van der Waals surface area contributed by atoms with E-state index >= 15 is 0 Å². The van der Waals surface area contributed by atoms with Crippen LogP contribution in [0, 0.1) is 6.92 Å². The van der Waals surface area contributed by atoms with Crippen molar-refractivity contribution in [3.8, 4) is 11.3 Å². The summed E-state index contributed by atoms with van der Waals surface area (Å²) < 4.78 is 0. The molecule has 2 heterocycles. The summed E-state index contributed by atoms with van der Waals surface area (Å²) in [5.74, 6) is 0.546. The van der Waals surface area contributed by atoms with Gasteiger partial charge < -0.3 is 5.32 Å². The maximum absolute atomic E-state index is 6.00. The summed E-state index contributed by atoms with van der Waals surface area (Å²) in [4.78, 5) is 12.9. The highest BCUT2D eigenvalue weighted by molar-refractivity contribution is 6.29. The summed E-state index contributed by atoms with van der Waals surface area (Å²) in [5.41, 5.74) is 3.52. The van der Waals surface area contributed by atoms with Gasteiger partial charge in [-0.05, 0) is 37.3 Å². The highest BCUT2D eigenvalue weighted by Crippen LogP contribution is 2.22. The van der Waals surface area contributed by atoms with Crippen LogP contribution in [0.15, 0.2) is 54.7 Å². The number of benzene rings is 1. The van der Waals surface area contributed by atoms with Crippen LogP contribution in [0.4, 0.5) is 11.6 Å². The Balaban J connectivity index is 1.93. The zero-order chi connectivity index (χ0) is 14.7. The molecular weight excluding hydrogens is 284 g/mol. The molecule has 0 spiro atoms. The number of hydrogen-bond acceptors (Lipinski definition) is 4. The Morgan fingerprint density at radius 1 is 1.00 bits per heavy atom. The maximum atomic E-state index is 6.00. The van der Waals surface area contributed by atoms with Crippen LogP contribution in [0.3, 0.4) is 0 Å². The first-order valence-electron chi connectivity index (χ1n) is 6.50. The van der Waals surface area contributed by atoms with Crippen LogP contribution in [0.2, 0.25) is 5.15 Å². The smallest absolute Gasteiger partial charge is 0.227 e. The largest absolute Gasteiger partial charge is 0.324 e. The van der Waals surface area contributed by atoms with E-state index in [1.54, 1.807) is 12.3 Å². The summed E-state index contributed by atoms with van der Waals surface area (Å²) >= 11 is 6.00. The van der Waals surface area contributed by atoms with Crippen molar-refractivity contribution in [1.29, 1.82) is 0 Å². The fourth-order valence-corrected chi connectivity index (χ4v) is 2.26. The quantitative estimate of drug-likeness (QED) is 0.734. The molecule has 0 unspecified atom stereocenters. The molecule has 0 saturated heterocycles. The second kappa shape index (κ2) is 5.89. The number of hydrogen-bond donors (Lipinski definition) is 1. The van der Waals surface area contributed by atoms with Gasteiger partial charge in [0.25, 0.3) is 0 Å². The molecule has 3 aromatic rings. The zero-order valence-electron chi connectivity index (χ0n) is 11.4. The first kappa shape index (κ1) is 13.5. The summed E-state index contributed by atoms with van der Waals surface area (Å²) in [6.45, 7) is 1.90. The molecule has 0 aliphatic heterocycles. The standard InChI is InChI=1S/C16H13ClN4/c1-11-9-12(10-15(17)19-11)14-7-8-18-16(21-14)20-13-5-3-2-4-6-13/h2-10H,1H3,(H,18,20,21). The average Bonchev–Trinajstić information content (AvgIpc) is 2.47. The lowest BCUT2D eigenvalue weighted by Crippen LogP contribution is -1.98. The van der Waals surface area contributed by atoms with Gasteiger partial charge in [0.1, 0.15) is 5.15 Å². The molecule has 3 rings (SSSR count). The third-order valence-corrected chi connectivity index (χ3v) is 3.10. The SMILES string of the molecule is Cc1cc(-c2ccnc(Nc3ccccc3)n2)cc(Cl)n1. The first-order valence-corrected chi connectivity index (χ1v) is 6.88. The minimum Gasteiger partial charge on any atom is -0.324 e. The van der Waals surface area contributed by atoms with Gasteiger partial charge in [0.15, 0.2) is 0 Å². The van der Waals surface area contributed by atoms with Gasteiger partial charge >= 0.3 is 0 Å². The van der Waals surface area contributed by atoms with E-state index in [1.807, 2.05) is 49.4 Å². The lowest BCUT2D eigenvalue weighted by atomic mass is 10.1. The van der Waals surface area contributed by atoms with Gasteiger partial charge in [-0.2, -0.15) is 0 Å². The van der Waals surface area contributed by atoms with E-state index in [0.717, 1.165) is 22.6 Å². The highest BCUT2D eigenvalue weighted by atomic mass is 35.5. The van der Waals surface area contributed by atoms with Gasteiger partial charge in [0.05, 0.1) is 5.69 Å². The summed E-state index contributed by atoms with van der Waals surface area (Å²) in [6.07, 6.45) is 1.72. The molecule has 0 aliphatic rings. The van der Waals surface area contributed by atoms with E-state index < -0.39 is 0 Å². The Morgan fingerprint density at radius 3 is 2.57 bits per heavy atom. The molecule has 0 radical (unpaired) electrons. The number of aromatic nitrogens is 3. The normalized spacial score (nSPS) is 10.4. The Morgan fingerprint density at radius 2 is 1.81 bits per heavy atom. The number of aryl methyl sites for hydroxylation is 1. The summed E-state index contributed by atoms with van der Waals surface area (Å²) in [6, 6.07) is 15.4. The van der Waals surface area contributed by atoms with Gasteiger partial charge in [-0.25, -0.2) is 15.0 Å². The second-order valence-corrected chi connectivity index (χ2v) is 4.96. The van der Waals surface area contributed by atoms with Crippen LogP contribution in [0.1, 0.15) is 5.69 Å². The van der Waals surface area contributed by atoms with Crippen LogP contribution in [0.25, 0.3) is 11.3 Å². The molecule has 0 bridgehead atoms. The minimum atomic E-state index is 0.459. The third-order valence-electron chi connectivity index (χ3n) is 2.90. The maximum Gasteiger partial charge on any atom is 0.227 e. The van der Waals surface area contributed by atoms with Crippen LogP contribution in [-0.2, 0) is 0 Å². The highest BCUT2D eigenvalue weighted by Gasteiger charge is 2.05. The molecule has 1 aromatic carbocycles. The molecule has 0 atom stereocenters. The van der Waals surface area contributed by atoms with E-state index in [2.05, 4.69) is 20.3 Å². The first-order chi connectivity index (χ1) is 10.2. The number of halogens is 1. The summed E-state index contributed by atoms with van der Waals surface area (Å²) in [5, 5.41) is 3.63. The molecule has 21 heavy (non-hydrogen) atoms. The van der Waals surface area contributed by atoms with Crippen molar-refractivity contribution in [2.45, 2.75) is 6.92 Å². The fourth-order valence-electron chi connectivity index (χ4n) is 2.01. The monoisotopic (exact) mass is 296 g/mol. The molecule has 0 aliphatic carbocycles. The average molecular weight is 297 g/mol. The van der Waals surface area contributed by atoms with E-state index in [9.17, 15) is 0 Å². The van der Waals surface area contributed by atoms with E-state index in [1.165, 1.54) is 0 Å². The zero-order valence-corrected chi connectivity index (χ0v) is 12.2. The Bertz CT molecular complexity index is 739. The van der Waals surface area contributed by atoms with Crippen LogP contribution in [-0.4, -0.2) is 15.0 Å². The van der Waals surface area contributed by atoms with E-state index in [4.69, 9.17) is 11.6 Å². The number of rotatable bonds is 3. The molecular formula is C16H13ClN4. The Kier molecular flexibility index (Phi) is 3.79. The van der Waals surface area contributed by atoms with Crippen molar-refractivity contribution in [2.75, 3.05) is 5.32 Å². The number of para-hydroxylation sites is 1. The van der Waals surface area contributed by atoms with Crippen molar-refractivity contribution in [1.82, 2.24) is 15.0 Å². The molecule has 0 saturated carbocycles. The molecule has 5 heteroatoms. The lowest BCUT2D eigenvalue weighted by molar-refractivity contribution is 1.15. The van der Waals surface area contributed by atoms with Crippen molar-refractivity contribution < 1.29 is 0 Å². The van der Waals surface area contributed by atoms with E-state index in [0.29, 0.717) is 11.1 Å². The minimum absolute atomic E-state index is 0.459. The number of nitrogens with one attached hydrogen (secondary N) is 1. The van der Waals surface area contributed by atoms with Gasteiger partial charge in [-0.15, -0.1) is 0 Å². The molecule has 104 valence electrons. The summed E-state index contributed by atoms with van der Waals surface area (Å²) in [7, 11) is 0. The van der Waals surface area contributed by atoms with Crippen molar-refractivity contribution in [3.05, 3.63) is 65.6 Å². The Labute approximate surface area is 127 Å². The van der Waals surface area contributed by atoms with Gasteiger partial charge in [-0.3, -0.25) is 0 Å². The molecule has 0 fully saturated rings. The molecule has 0 amide bonds. The van der Waals surface area contributed by atoms with E-state index in [-0.39, 0.29) is 0 Å². The molecule has 1 N–H and O–H groups in total. The number of pyridine rings is 1. The third kappa shape index (κ3) is 3.35. The van der Waals surface area contributed by atoms with Crippen molar-refractivity contribution in [3.63, 3.8) is 0 Å². The van der Waals surface area contributed by atoms with Crippen LogP contribution in [0.5, 0.6) is 0 Å². The topological polar surface area (TPSA) is 50.7 Å². The van der Waals surface area contributed by atoms with Crippen molar-refractivity contribution in [2.24, 2.45) is 0 Å². The number of nitrogens with zero attached hydrogens (tertiary/aromatic N) is 3. The van der Waals surface area contributed by atoms with Crippen LogP contribution < -0.4 is 5.32 Å². The predicted octanol–water partition coefficient (Wildman–Crippen LogP) is 4.24.